The zero-order chi connectivity index (χ0) is 16.6. The highest BCUT2D eigenvalue weighted by Crippen LogP contribution is 2.21. The maximum Gasteiger partial charge on any atom is 0.223 e. The second-order valence-electron chi connectivity index (χ2n) is 5.78. The van der Waals surface area contributed by atoms with Crippen molar-refractivity contribution in [3.8, 4) is 5.75 Å². The van der Waals surface area contributed by atoms with Crippen LogP contribution in [-0.2, 0) is 4.79 Å². The molecule has 126 valence electrons. The molecule has 1 saturated heterocycles. The standard InChI is InChI=1S/C18H22N4O2/c23-18(21-10-13-24-16-4-2-1-3-5-16)15-6-11-22(12-7-15)17-14-19-8-9-20-17/h1-5,8-9,14-15H,6-7,10-13H2,(H,21,23). The van der Waals surface area contributed by atoms with Gasteiger partial charge in [0.1, 0.15) is 18.2 Å². The molecule has 2 heterocycles. The molecular weight excluding hydrogens is 304 g/mol. The number of rotatable bonds is 6. The number of nitrogens with zero attached hydrogens (tertiary/aromatic N) is 3. The summed E-state index contributed by atoms with van der Waals surface area (Å²) in [5, 5.41) is 2.97. The summed E-state index contributed by atoms with van der Waals surface area (Å²) in [6.07, 6.45) is 6.80. The minimum atomic E-state index is 0.0645. The second-order valence-corrected chi connectivity index (χ2v) is 5.78. The summed E-state index contributed by atoms with van der Waals surface area (Å²) in [5.41, 5.74) is 0. The first-order valence-corrected chi connectivity index (χ1v) is 8.29. The monoisotopic (exact) mass is 326 g/mol. The molecule has 0 spiro atoms. The van der Waals surface area contributed by atoms with Crippen molar-refractivity contribution in [2.45, 2.75) is 12.8 Å². The first-order chi connectivity index (χ1) is 11.8. The number of aromatic nitrogens is 2. The number of piperidine rings is 1. The van der Waals surface area contributed by atoms with Gasteiger partial charge in [0, 0.05) is 31.4 Å². The zero-order valence-electron chi connectivity index (χ0n) is 13.6. The molecule has 1 aliphatic rings. The van der Waals surface area contributed by atoms with Gasteiger partial charge in [-0.1, -0.05) is 18.2 Å². The topological polar surface area (TPSA) is 67.3 Å². The quantitative estimate of drug-likeness (QED) is 0.821. The van der Waals surface area contributed by atoms with Crippen molar-refractivity contribution in [1.82, 2.24) is 15.3 Å². The Hall–Kier alpha value is -2.63. The Morgan fingerprint density at radius 2 is 2.00 bits per heavy atom. The van der Waals surface area contributed by atoms with Gasteiger partial charge < -0.3 is 15.0 Å². The normalized spacial score (nSPS) is 15.1. The molecule has 6 heteroatoms. The van der Waals surface area contributed by atoms with Gasteiger partial charge in [0.25, 0.3) is 0 Å². The highest BCUT2D eigenvalue weighted by Gasteiger charge is 2.25. The van der Waals surface area contributed by atoms with E-state index in [0.717, 1.165) is 37.5 Å². The van der Waals surface area contributed by atoms with Gasteiger partial charge in [-0.3, -0.25) is 9.78 Å². The number of hydrogen-bond donors (Lipinski definition) is 1. The van der Waals surface area contributed by atoms with Gasteiger partial charge in [-0.25, -0.2) is 4.98 Å². The van der Waals surface area contributed by atoms with Crippen molar-refractivity contribution < 1.29 is 9.53 Å². The fraction of sp³-hybridized carbons (Fsp3) is 0.389. The number of carbonyl (C=O) groups excluding carboxylic acids is 1. The molecule has 0 unspecified atom stereocenters. The lowest BCUT2D eigenvalue weighted by atomic mass is 9.96. The average Bonchev–Trinajstić information content (AvgIpc) is 2.67. The molecule has 0 aliphatic carbocycles. The lowest BCUT2D eigenvalue weighted by Crippen LogP contribution is -2.41. The number of anilines is 1. The van der Waals surface area contributed by atoms with Gasteiger partial charge in [0.05, 0.1) is 12.7 Å². The smallest absolute Gasteiger partial charge is 0.223 e. The molecular formula is C18H22N4O2. The van der Waals surface area contributed by atoms with Crippen molar-refractivity contribution in [1.29, 1.82) is 0 Å². The maximum atomic E-state index is 12.2. The minimum Gasteiger partial charge on any atom is -0.492 e. The van der Waals surface area contributed by atoms with E-state index < -0.39 is 0 Å². The second kappa shape index (κ2) is 8.29. The fourth-order valence-corrected chi connectivity index (χ4v) is 2.83. The SMILES string of the molecule is O=C(NCCOc1ccccc1)C1CCN(c2cnccn2)CC1. The van der Waals surface area contributed by atoms with E-state index in [0.29, 0.717) is 13.2 Å². The molecule has 2 aromatic rings. The van der Waals surface area contributed by atoms with Crippen molar-refractivity contribution in [2.24, 2.45) is 5.92 Å². The molecule has 6 nitrogen and oxygen atoms in total. The van der Waals surface area contributed by atoms with Crippen LogP contribution in [0.2, 0.25) is 0 Å². The number of hydrogen-bond acceptors (Lipinski definition) is 5. The van der Waals surface area contributed by atoms with Crippen molar-refractivity contribution in [3.63, 3.8) is 0 Å². The summed E-state index contributed by atoms with van der Waals surface area (Å²) in [4.78, 5) is 22.8. The molecule has 1 aromatic carbocycles. The van der Waals surface area contributed by atoms with Gasteiger partial charge in [0.2, 0.25) is 5.91 Å². The van der Waals surface area contributed by atoms with Crippen LogP contribution in [0.1, 0.15) is 12.8 Å². The van der Waals surface area contributed by atoms with Crippen LogP contribution < -0.4 is 15.0 Å². The summed E-state index contributed by atoms with van der Waals surface area (Å²) in [7, 11) is 0. The Bertz CT molecular complexity index is 628. The highest BCUT2D eigenvalue weighted by molar-refractivity contribution is 5.78. The van der Waals surface area contributed by atoms with Crippen molar-refractivity contribution >= 4 is 11.7 Å². The van der Waals surface area contributed by atoms with Crippen LogP contribution >= 0.6 is 0 Å². The third-order valence-electron chi connectivity index (χ3n) is 4.15. The number of para-hydroxylation sites is 1. The van der Waals surface area contributed by atoms with Crippen LogP contribution in [0, 0.1) is 5.92 Å². The molecule has 1 aromatic heterocycles. The van der Waals surface area contributed by atoms with Crippen molar-refractivity contribution in [2.75, 3.05) is 31.1 Å². The third-order valence-corrected chi connectivity index (χ3v) is 4.15. The Morgan fingerprint density at radius 3 is 2.71 bits per heavy atom. The largest absolute Gasteiger partial charge is 0.492 e. The van der Waals surface area contributed by atoms with E-state index >= 15 is 0 Å². The number of benzene rings is 1. The van der Waals surface area contributed by atoms with E-state index in [1.807, 2.05) is 30.3 Å². The minimum absolute atomic E-state index is 0.0645. The predicted octanol–water partition coefficient (Wildman–Crippen LogP) is 1.89. The first kappa shape index (κ1) is 16.2. The van der Waals surface area contributed by atoms with Gasteiger partial charge >= 0.3 is 0 Å². The molecule has 0 atom stereocenters. The van der Waals surface area contributed by atoms with Gasteiger partial charge in [-0.15, -0.1) is 0 Å². The Labute approximate surface area is 141 Å². The summed E-state index contributed by atoms with van der Waals surface area (Å²) >= 11 is 0. The first-order valence-electron chi connectivity index (χ1n) is 8.29. The highest BCUT2D eigenvalue weighted by atomic mass is 16.5. The van der Waals surface area contributed by atoms with E-state index in [2.05, 4.69) is 20.2 Å². The van der Waals surface area contributed by atoms with E-state index in [-0.39, 0.29) is 11.8 Å². The Balaban J connectivity index is 1.36. The summed E-state index contributed by atoms with van der Waals surface area (Å²) in [6, 6.07) is 9.62. The van der Waals surface area contributed by atoms with Crippen LogP contribution in [0.25, 0.3) is 0 Å². The molecule has 1 aliphatic heterocycles. The van der Waals surface area contributed by atoms with Gasteiger partial charge in [-0.2, -0.15) is 0 Å². The Morgan fingerprint density at radius 1 is 1.21 bits per heavy atom. The molecule has 0 radical (unpaired) electrons. The number of nitrogens with one attached hydrogen (secondary N) is 1. The summed E-state index contributed by atoms with van der Waals surface area (Å²) < 4.78 is 5.58. The molecule has 3 rings (SSSR count). The lowest BCUT2D eigenvalue weighted by molar-refractivity contribution is -0.125. The molecule has 1 amide bonds. The molecule has 1 fully saturated rings. The Kier molecular flexibility index (Phi) is 5.61. The number of carbonyl (C=O) groups is 1. The molecule has 0 saturated carbocycles. The third kappa shape index (κ3) is 4.44. The van der Waals surface area contributed by atoms with Crippen LogP contribution in [0.3, 0.4) is 0 Å². The predicted molar refractivity (Wildman–Crippen MR) is 91.9 cm³/mol. The van der Waals surface area contributed by atoms with E-state index in [1.54, 1.807) is 18.6 Å². The van der Waals surface area contributed by atoms with Crippen LogP contribution in [0.4, 0.5) is 5.82 Å². The molecule has 1 N–H and O–H groups in total. The van der Waals surface area contributed by atoms with E-state index in [1.165, 1.54) is 0 Å². The number of ether oxygens (including phenoxy) is 1. The average molecular weight is 326 g/mol. The summed E-state index contributed by atoms with van der Waals surface area (Å²) in [6.45, 7) is 2.67. The van der Waals surface area contributed by atoms with E-state index in [4.69, 9.17) is 4.74 Å². The summed E-state index contributed by atoms with van der Waals surface area (Å²) in [5.74, 6) is 1.89. The number of amides is 1. The maximum absolute atomic E-state index is 12.2. The van der Waals surface area contributed by atoms with E-state index in [9.17, 15) is 4.79 Å². The van der Waals surface area contributed by atoms with Gasteiger partial charge in [-0.05, 0) is 25.0 Å². The van der Waals surface area contributed by atoms with Crippen molar-refractivity contribution in [3.05, 3.63) is 48.9 Å². The van der Waals surface area contributed by atoms with Crippen LogP contribution in [-0.4, -0.2) is 42.1 Å². The molecule has 24 heavy (non-hydrogen) atoms. The molecule has 0 bridgehead atoms. The fourth-order valence-electron chi connectivity index (χ4n) is 2.83. The van der Waals surface area contributed by atoms with Gasteiger partial charge in [0.15, 0.2) is 0 Å². The zero-order valence-corrected chi connectivity index (χ0v) is 13.6. The van der Waals surface area contributed by atoms with Crippen LogP contribution in [0.15, 0.2) is 48.9 Å². The van der Waals surface area contributed by atoms with Crippen LogP contribution in [0.5, 0.6) is 5.75 Å². The lowest BCUT2D eigenvalue weighted by Gasteiger charge is -2.31.